The van der Waals surface area contributed by atoms with Crippen molar-refractivity contribution in [2.45, 2.75) is 57.9 Å². The van der Waals surface area contributed by atoms with Gasteiger partial charge in [-0.15, -0.1) is 0 Å². The SMILES string of the molecule is CCOC(=O)[C@@H]1C=C(C)[C@@H](OC)[C@H](OCc2ccc(OC)cc2)[C@@]1(O)c1ccoc1[Si](C)(C)C. The average molecular weight is 489 g/mol. The van der Waals surface area contributed by atoms with Gasteiger partial charge in [0.2, 0.25) is 0 Å². The Balaban J connectivity index is 2.12. The average Bonchev–Trinajstić information content (AvgIpc) is 3.31. The lowest BCUT2D eigenvalue weighted by Gasteiger charge is -2.46. The molecule has 1 aliphatic rings. The van der Waals surface area contributed by atoms with Crippen LogP contribution in [-0.2, 0) is 31.2 Å². The molecule has 186 valence electrons. The first-order valence-electron chi connectivity index (χ1n) is 11.5. The minimum absolute atomic E-state index is 0.204. The summed E-state index contributed by atoms with van der Waals surface area (Å²) in [6.45, 7) is 10.4. The van der Waals surface area contributed by atoms with Gasteiger partial charge in [-0.1, -0.05) is 37.8 Å². The van der Waals surface area contributed by atoms with E-state index in [1.807, 2.05) is 31.2 Å². The summed E-state index contributed by atoms with van der Waals surface area (Å²) in [6, 6.07) is 9.25. The highest BCUT2D eigenvalue weighted by atomic mass is 28.3. The van der Waals surface area contributed by atoms with Crippen LogP contribution in [0.5, 0.6) is 5.75 Å². The molecular formula is C26H36O7Si. The fourth-order valence-electron chi connectivity index (χ4n) is 4.57. The number of rotatable bonds is 9. The monoisotopic (exact) mass is 488 g/mol. The maximum Gasteiger partial charge on any atom is 0.316 e. The second-order valence-electron chi connectivity index (χ2n) is 9.62. The molecule has 0 radical (unpaired) electrons. The van der Waals surface area contributed by atoms with Gasteiger partial charge < -0.3 is 28.5 Å². The zero-order valence-electron chi connectivity index (χ0n) is 21.1. The molecule has 0 aliphatic heterocycles. The molecule has 1 aromatic heterocycles. The van der Waals surface area contributed by atoms with Gasteiger partial charge in [0.25, 0.3) is 0 Å². The van der Waals surface area contributed by atoms with E-state index < -0.39 is 37.8 Å². The van der Waals surface area contributed by atoms with E-state index in [9.17, 15) is 9.90 Å². The highest BCUT2D eigenvalue weighted by Crippen LogP contribution is 2.44. The van der Waals surface area contributed by atoms with Gasteiger partial charge in [-0.05, 0) is 43.2 Å². The molecule has 0 saturated carbocycles. The van der Waals surface area contributed by atoms with Crippen LogP contribution in [0, 0.1) is 5.92 Å². The number of hydrogen-bond donors (Lipinski definition) is 1. The Labute approximate surface area is 202 Å². The zero-order chi connectivity index (χ0) is 25.1. The number of benzene rings is 1. The summed E-state index contributed by atoms with van der Waals surface area (Å²) in [7, 11) is 1.16. The molecular weight excluding hydrogens is 452 g/mol. The molecule has 2 aromatic rings. The molecule has 4 atom stereocenters. The second-order valence-corrected chi connectivity index (χ2v) is 14.6. The highest BCUT2D eigenvalue weighted by Gasteiger charge is 2.57. The minimum atomic E-state index is -2.03. The largest absolute Gasteiger partial charge is 0.497 e. The van der Waals surface area contributed by atoms with Gasteiger partial charge in [0.05, 0.1) is 32.0 Å². The molecule has 1 N–H and O–H groups in total. The van der Waals surface area contributed by atoms with E-state index in [1.54, 1.807) is 39.5 Å². The van der Waals surface area contributed by atoms with Gasteiger partial charge in [-0.2, -0.15) is 0 Å². The number of ether oxygens (including phenoxy) is 4. The van der Waals surface area contributed by atoms with Gasteiger partial charge in [-0.25, -0.2) is 0 Å². The number of carbonyl (C=O) groups is 1. The van der Waals surface area contributed by atoms with Crippen LogP contribution in [0.2, 0.25) is 19.6 Å². The molecule has 1 aliphatic carbocycles. The third-order valence-electron chi connectivity index (χ3n) is 6.22. The zero-order valence-corrected chi connectivity index (χ0v) is 22.1. The summed E-state index contributed by atoms with van der Waals surface area (Å²) < 4.78 is 28.7. The van der Waals surface area contributed by atoms with E-state index in [-0.39, 0.29) is 13.2 Å². The molecule has 0 bridgehead atoms. The molecule has 34 heavy (non-hydrogen) atoms. The first-order valence-corrected chi connectivity index (χ1v) is 15.0. The summed E-state index contributed by atoms with van der Waals surface area (Å²) in [5.74, 6) is -0.751. The lowest BCUT2D eigenvalue weighted by atomic mass is 9.70. The van der Waals surface area contributed by atoms with Crippen LogP contribution in [0.1, 0.15) is 25.0 Å². The fraction of sp³-hybridized carbons (Fsp3) is 0.500. The van der Waals surface area contributed by atoms with Crippen molar-refractivity contribution in [3.05, 3.63) is 59.4 Å². The molecule has 3 rings (SSSR count). The van der Waals surface area contributed by atoms with Gasteiger partial charge in [0, 0.05) is 12.7 Å². The molecule has 1 aromatic carbocycles. The maximum atomic E-state index is 13.1. The van der Waals surface area contributed by atoms with Crippen molar-refractivity contribution in [3.63, 3.8) is 0 Å². The van der Waals surface area contributed by atoms with Crippen molar-refractivity contribution < 1.29 is 33.3 Å². The Bertz CT molecular complexity index is 1000. The van der Waals surface area contributed by atoms with Crippen LogP contribution >= 0.6 is 0 Å². The van der Waals surface area contributed by atoms with Crippen molar-refractivity contribution in [2.75, 3.05) is 20.8 Å². The molecule has 0 saturated heterocycles. The Hall–Kier alpha value is -2.39. The van der Waals surface area contributed by atoms with Crippen molar-refractivity contribution in [2.24, 2.45) is 5.92 Å². The summed E-state index contributed by atoms with van der Waals surface area (Å²) in [4.78, 5) is 13.1. The summed E-state index contributed by atoms with van der Waals surface area (Å²) in [5.41, 5.74) is 0.496. The number of hydrogen-bond acceptors (Lipinski definition) is 7. The van der Waals surface area contributed by atoms with E-state index >= 15 is 0 Å². The molecule has 0 fully saturated rings. The van der Waals surface area contributed by atoms with Crippen molar-refractivity contribution >= 4 is 19.4 Å². The number of aliphatic hydroxyl groups is 1. The van der Waals surface area contributed by atoms with Gasteiger partial charge >= 0.3 is 5.97 Å². The summed E-state index contributed by atoms with van der Waals surface area (Å²) in [6.07, 6.45) is 1.85. The van der Waals surface area contributed by atoms with E-state index in [2.05, 4.69) is 19.6 Å². The lowest BCUT2D eigenvalue weighted by molar-refractivity contribution is -0.199. The van der Waals surface area contributed by atoms with Gasteiger partial charge in [-0.3, -0.25) is 4.79 Å². The number of esters is 1. The van der Waals surface area contributed by atoms with Crippen molar-refractivity contribution in [3.8, 4) is 5.75 Å². The van der Waals surface area contributed by atoms with E-state index in [0.29, 0.717) is 10.9 Å². The Morgan fingerprint density at radius 3 is 2.38 bits per heavy atom. The van der Waals surface area contributed by atoms with E-state index in [4.69, 9.17) is 23.4 Å². The Morgan fingerprint density at radius 2 is 1.82 bits per heavy atom. The Morgan fingerprint density at radius 1 is 1.15 bits per heavy atom. The van der Waals surface area contributed by atoms with Crippen LogP contribution in [0.15, 0.2) is 52.7 Å². The lowest BCUT2D eigenvalue weighted by Crippen LogP contribution is -2.60. The standard InChI is InChI=1S/C26H36O7Si/c1-8-31-24(27)21-15-17(2)22(30-4)23(33-16-18-9-11-19(29-3)12-10-18)26(21,28)20-13-14-32-25(20)34(5,6)7/h9-15,21-23,28H,8,16H2,1-7H3/t21-,22+,23-,26+/m0/s1. The van der Waals surface area contributed by atoms with Crippen molar-refractivity contribution in [1.29, 1.82) is 0 Å². The van der Waals surface area contributed by atoms with Gasteiger partial charge in [0.15, 0.2) is 0 Å². The van der Waals surface area contributed by atoms with Crippen molar-refractivity contribution in [1.82, 2.24) is 0 Å². The second kappa shape index (κ2) is 10.5. The smallest absolute Gasteiger partial charge is 0.316 e. The predicted molar refractivity (Wildman–Crippen MR) is 132 cm³/mol. The first kappa shape index (κ1) is 26.2. The van der Waals surface area contributed by atoms with Crippen LogP contribution < -0.4 is 10.1 Å². The first-order chi connectivity index (χ1) is 16.1. The molecule has 1 heterocycles. The van der Waals surface area contributed by atoms with E-state index in [0.717, 1.165) is 16.9 Å². The van der Waals surface area contributed by atoms with E-state index in [1.165, 1.54) is 0 Å². The number of furan rings is 1. The van der Waals surface area contributed by atoms with Crippen LogP contribution in [0.3, 0.4) is 0 Å². The normalized spacial score (nSPS) is 25.1. The summed E-state index contributed by atoms with van der Waals surface area (Å²) in [5, 5.41) is 13.2. The molecule has 0 unspecified atom stereocenters. The molecule has 7 nitrogen and oxygen atoms in total. The summed E-state index contributed by atoms with van der Waals surface area (Å²) >= 11 is 0. The highest BCUT2D eigenvalue weighted by molar-refractivity contribution is 6.88. The number of methoxy groups -OCH3 is 2. The topological polar surface area (TPSA) is 87.4 Å². The Kier molecular flexibility index (Phi) is 8.08. The number of carbonyl (C=O) groups excluding carboxylic acids is 1. The molecule has 0 spiro atoms. The van der Waals surface area contributed by atoms with Crippen LogP contribution in [0.4, 0.5) is 0 Å². The van der Waals surface area contributed by atoms with Crippen LogP contribution in [-0.4, -0.2) is 52.2 Å². The minimum Gasteiger partial charge on any atom is -0.497 e. The quantitative estimate of drug-likeness (QED) is 0.327. The fourth-order valence-corrected chi connectivity index (χ4v) is 6.08. The third-order valence-corrected chi connectivity index (χ3v) is 7.97. The van der Waals surface area contributed by atoms with Crippen LogP contribution in [0.25, 0.3) is 0 Å². The third kappa shape index (κ3) is 5.00. The van der Waals surface area contributed by atoms with Gasteiger partial charge in [0.1, 0.15) is 37.6 Å². The maximum absolute atomic E-state index is 13.1. The predicted octanol–water partition coefficient (Wildman–Crippen LogP) is 3.76. The molecule has 0 amide bonds. The molecule has 8 heteroatoms.